The average Bonchev–Trinajstić information content (AvgIpc) is 2.29. The van der Waals surface area contributed by atoms with E-state index in [1.165, 1.54) is 0 Å². The molecule has 0 saturated carbocycles. The molecule has 1 rings (SSSR count). The average molecular weight is 253 g/mol. The van der Waals surface area contributed by atoms with Gasteiger partial charge in [-0.25, -0.2) is 0 Å². The molecule has 0 aliphatic carbocycles. The summed E-state index contributed by atoms with van der Waals surface area (Å²) in [5.41, 5.74) is 11.1. The normalized spacial score (nSPS) is 11.9. The van der Waals surface area contributed by atoms with Crippen molar-refractivity contribution in [2.24, 2.45) is 11.5 Å². The van der Waals surface area contributed by atoms with Crippen molar-refractivity contribution in [2.75, 3.05) is 11.6 Å². The van der Waals surface area contributed by atoms with Gasteiger partial charge in [-0.2, -0.15) is 0 Å². The Labute approximate surface area is 104 Å². The number of anilines is 1. The number of amides is 2. The maximum atomic E-state index is 11.6. The number of carbonyl (C=O) groups is 2. The molecule has 0 aromatic heterocycles. The van der Waals surface area contributed by atoms with Gasteiger partial charge in [-0.15, -0.1) is 11.8 Å². The maximum Gasteiger partial charge on any atom is 0.241 e. The molecule has 5 N–H and O–H groups in total. The van der Waals surface area contributed by atoms with Crippen molar-refractivity contribution in [2.45, 2.75) is 17.4 Å². The molecule has 0 saturated heterocycles. The summed E-state index contributed by atoms with van der Waals surface area (Å²) in [6.07, 6.45) is 1.81. The van der Waals surface area contributed by atoms with Gasteiger partial charge in [0.2, 0.25) is 11.8 Å². The summed E-state index contributed by atoms with van der Waals surface area (Å²) < 4.78 is 0. The van der Waals surface area contributed by atoms with Gasteiger partial charge in [0.15, 0.2) is 0 Å². The molecule has 1 unspecified atom stereocenters. The third-order valence-electron chi connectivity index (χ3n) is 2.12. The Morgan fingerprint density at radius 2 is 1.94 bits per heavy atom. The number of rotatable bonds is 5. The molecule has 2 amide bonds. The number of thioether (sulfide) groups is 1. The summed E-state index contributed by atoms with van der Waals surface area (Å²) in [5, 5.41) is 2.62. The van der Waals surface area contributed by atoms with Crippen LogP contribution in [0.3, 0.4) is 0 Å². The summed E-state index contributed by atoms with van der Waals surface area (Å²) in [6, 6.07) is 6.43. The first kappa shape index (κ1) is 13.5. The summed E-state index contributed by atoms with van der Waals surface area (Å²) in [7, 11) is 0. The van der Waals surface area contributed by atoms with E-state index in [9.17, 15) is 9.59 Å². The van der Waals surface area contributed by atoms with Crippen LogP contribution in [-0.2, 0) is 9.59 Å². The van der Waals surface area contributed by atoms with Crippen LogP contribution in [0.15, 0.2) is 29.2 Å². The molecule has 0 aliphatic rings. The standard InChI is InChI=1S/C11H15N3O2S/c1-17-8-4-2-7(3-5-8)14-11(16)9(12)6-10(13)15/h2-5,9H,6,12H2,1H3,(H2,13,15)(H,14,16). The Morgan fingerprint density at radius 3 is 2.41 bits per heavy atom. The van der Waals surface area contributed by atoms with Crippen LogP contribution >= 0.6 is 11.8 Å². The molecule has 92 valence electrons. The molecule has 0 aliphatic heterocycles. The minimum atomic E-state index is -0.910. The lowest BCUT2D eigenvalue weighted by molar-refractivity contribution is -0.123. The van der Waals surface area contributed by atoms with Crippen molar-refractivity contribution < 1.29 is 9.59 Å². The molecule has 17 heavy (non-hydrogen) atoms. The number of carbonyl (C=O) groups excluding carboxylic acids is 2. The second-order valence-electron chi connectivity index (χ2n) is 3.49. The minimum absolute atomic E-state index is 0.158. The third-order valence-corrected chi connectivity index (χ3v) is 2.86. The number of benzene rings is 1. The molecule has 1 atom stereocenters. The van der Waals surface area contributed by atoms with E-state index in [1.54, 1.807) is 23.9 Å². The maximum absolute atomic E-state index is 11.6. The Bertz CT molecular complexity index is 406. The lowest BCUT2D eigenvalue weighted by Crippen LogP contribution is -2.38. The highest BCUT2D eigenvalue weighted by molar-refractivity contribution is 7.98. The summed E-state index contributed by atoms with van der Waals surface area (Å²) in [6.45, 7) is 0. The number of nitrogens with two attached hydrogens (primary N) is 2. The highest BCUT2D eigenvalue weighted by Gasteiger charge is 2.15. The van der Waals surface area contributed by atoms with Crippen LogP contribution in [0.1, 0.15) is 6.42 Å². The molecular weight excluding hydrogens is 238 g/mol. The van der Waals surface area contributed by atoms with Crippen LogP contribution in [0, 0.1) is 0 Å². The van der Waals surface area contributed by atoms with Crippen LogP contribution in [0.4, 0.5) is 5.69 Å². The quantitative estimate of drug-likeness (QED) is 0.667. The number of hydrogen-bond donors (Lipinski definition) is 3. The topological polar surface area (TPSA) is 98.2 Å². The molecule has 6 heteroatoms. The number of primary amides is 1. The zero-order valence-corrected chi connectivity index (χ0v) is 10.3. The molecule has 0 radical (unpaired) electrons. The zero-order valence-electron chi connectivity index (χ0n) is 9.47. The first-order chi connectivity index (χ1) is 8.02. The molecule has 0 bridgehead atoms. The predicted octanol–water partition coefficient (Wildman–Crippen LogP) is 0.550. The second kappa shape index (κ2) is 6.27. The van der Waals surface area contributed by atoms with Crippen molar-refractivity contribution in [3.05, 3.63) is 24.3 Å². The van der Waals surface area contributed by atoms with Gasteiger partial charge in [0.1, 0.15) is 0 Å². The van der Waals surface area contributed by atoms with Gasteiger partial charge >= 0.3 is 0 Å². The van der Waals surface area contributed by atoms with Gasteiger partial charge in [-0.3, -0.25) is 9.59 Å². The first-order valence-electron chi connectivity index (χ1n) is 5.01. The Balaban J connectivity index is 2.58. The Morgan fingerprint density at radius 1 is 1.35 bits per heavy atom. The van der Waals surface area contributed by atoms with Gasteiger partial charge in [-0.05, 0) is 30.5 Å². The monoisotopic (exact) mass is 253 g/mol. The van der Waals surface area contributed by atoms with E-state index in [0.717, 1.165) is 4.90 Å². The Hall–Kier alpha value is -1.53. The molecular formula is C11H15N3O2S. The first-order valence-corrected chi connectivity index (χ1v) is 6.24. The van der Waals surface area contributed by atoms with Crippen molar-refractivity contribution in [1.29, 1.82) is 0 Å². The predicted molar refractivity (Wildman–Crippen MR) is 68.6 cm³/mol. The van der Waals surface area contributed by atoms with Crippen molar-refractivity contribution in [3.8, 4) is 0 Å². The van der Waals surface area contributed by atoms with Crippen molar-refractivity contribution in [1.82, 2.24) is 0 Å². The van der Waals surface area contributed by atoms with Crippen molar-refractivity contribution in [3.63, 3.8) is 0 Å². The molecule has 0 fully saturated rings. The van der Waals surface area contributed by atoms with E-state index in [1.807, 2.05) is 18.4 Å². The summed E-state index contributed by atoms with van der Waals surface area (Å²) in [5.74, 6) is -1.01. The highest BCUT2D eigenvalue weighted by Crippen LogP contribution is 2.17. The van der Waals surface area contributed by atoms with E-state index in [2.05, 4.69) is 5.32 Å². The van der Waals surface area contributed by atoms with E-state index in [0.29, 0.717) is 5.69 Å². The van der Waals surface area contributed by atoms with Crippen LogP contribution in [0.5, 0.6) is 0 Å². The number of hydrogen-bond acceptors (Lipinski definition) is 4. The smallest absolute Gasteiger partial charge is 0.241 e. The van der Waals surface area contributed by atoms with E-state index >= 15 is 0 Å². The molecule has 0 spiro atoms. The lowest BCUT2D eigenvalue weighted by atomic mass is 10.2. The number of nitrogens with one attached hydrogen (secondary N) is 1. The van der Waals surface area contributed by atoms with Gasteiger partial charge in [0.05, 0.1) is 12.5 Å². The highest BCUT2D eigenvalue weighted by atomic mass is 32.2. The van der Waals surface area contributed by atoms with E-state index in [-0.39, 0.29) is 6.42 Å². The van der Waals surface area contributed by atoms with Gasteiger partial charge in [0, 0.05) is 10.6 Å². The minimum Gasteiger partial charge on any atom is -0.370 e. The SMILES string of the molecule is CSc1ccc(NC(=O)C(N)CC(N)=O)cc1. The zero-order chi connectivity index (χ0) is 12.8. The summed E-state index contributed by atoms with van der Waals surface area (Å²) >= 11 is 1.61. The molecule has 5 nitrogen and oxygen atoms in total. The van der Waals surface area contributed by atoms with Crippen molar-refractivity contribution >= 4 is 29.3 Å². The fourth-order valence-corrected chi connectivity index (χ4v) is 1.63. The van der Waals surface area contributed by atoms with Gasteiger partial charge in [0.25, 0.3) is 0 Å². The van der Waals surface area contributed by atoms with E-state index in [4.69, 9.17) is 11.5 Å². The van der Waals surface area contributed by atoms with Crippen LogP contribution in [0.2, 0.25) is 0 Å². The largest absolute Gasteiger partial charge is 0.370 e. The lowest BCUT2D eigenvalue weighted by Gasteiger charge is -2.10. The molecule has 0 heterocycles. The van der Waals surface area contributed by atoms with Gasteiger partial charge in [-0.1, -0.05) is 0 Å². The van der Waals surface area contributed by atoms with Crippen LogP contribution < -0.4 is 16.8 Å². The van der Waals surface area contributed by atoms with Gasteiger partial charge < -0.3 is 16.8 Å². The third kappa shape index (κ3) is 4.46. The fraction of sp³-hybridized carbons (Fsp3) is 0.273. The fourth-order valence-electron chi connectivity index (χ4n) is 1.22. The van der Waals surface area contributed by atoms with Crippen LogP contribution in [0.25, 0.3) is 0 Å². The van der Waals surface area contributed by atoms with Crippen LogP contribution in [-0.4, -0.2) is 24.1 Å². The Kier molecular flexibility index (Phi) is 4.99. The van der Waals surface area contributed by atoms with E-state index < -0.39 is 17.9 Å². The molecule has 1 aromatic carbocycles. The second-order valence-corrected chi connectivity index (χ2v) is 4.37. The molecule has 1 aromatic rings. The summed E-state index contributed by atoms with van der Waals surface area (Å²) in [4.78, 5) is 23.3.